The van der Waals surface area contributed by atoms with Crippen LogP contribution in [-0.2, 0) is 10.0 Å². The maximum atomic E-state index is 12.5. The number of halogens is 1. The van der Waals surface area contributed by atoms with Gasteiger partial charge < -0.3 is 10.1 Å². The Bertz CT molecular complexity index is 1130. The van der Waals surface area contributed by atoms with Crippen LogP contribution in [0.25, 0.3) is 0 Å². The molecule has 0 fully saturated rings. The van der Waals surface area contributed by atoms with E-state index in [2.05, 4.69) is 10.0 Å². The molecule has 8 heteroatoms. The summed E-state index contributed by atoms with van der Waals surface area (Å²) in [6, 6.07) is 19.1. The fourth-order valence-corrected chi connectivity index (χ4v) is 3.82. The summed E-state index contributed by atoms with van der Waals surface area (Å²) in [7, 11) is -3.75. The molecule has 156 valence electrons. The van der Waals surface area contributed by atoms with Gasteiger partial charge >= 0.3 is 0 Å². The summed E-state index contributed by atoms with van der Waals surface area (Å²) in [6.07, 6.45) is 0.0279. The van der Waals surface area contributed by atoms with E-state index >= 15 is 0 Å². The average Bonchev–Trinajstić information content (AvgIpc) is 2.68. The zero-order chi connectivity index (χ0) is 21.7. The smallest absolute Gasteiger partial charge is 0.261 e. The molecule has 0 radical (unpaired) electrons. The number of benzene rings is 3. The van der Waals surface area contributed by atoms with E-state index < -0.39 is 10.0 Å². The van der Waals surface area contributed by atoms with Crippen LogP contribution >= 0.6 is 11.6 Å². The lowest BCUT2D eigenvalue weighted by atomic mass is 10.2. The van der Waals surface area contributed by atoms with Gasteiger partial charge in [0.15, 0.2) is 0 Å². The minimum Gasteiger partial charge on any atom is -0.491 e. The van der Waals surface area contributed by atoms with Crippen LogP contribution in [0.4, 0.5) is 11.4 Å². The first-order chi connectivity index (χ1) is 14.2. The number of hydrogen-bond donors (Lipinski definition) is 2. The van der Waals surface area contributed by atoms with Gasteiger partial charge in [-0.2, -0.15) is 0 Å². The highest BCUT2D eigenvalue weighted by Gasteiger charge is 2.14. The second kappa shape index (κ2) is 9.19. The quantitative estimate of drug-likeness (QED) is 0.525. The van der Waals surface area contributed by atoms with Gasteiger partial charge in [0, 0.05) is 28.0 Å². The lowest BCUT2D eigenvalue weighted by Gasteiger charge is -2.12. The van der Waals surface area contributed by atoms with Crippen LogP contribution in [0.1, 0.15) is 24.2 Å². The molecule has 0 bridgehead atoms. The molecule has 3 aromatic rings. The summed E-state index contributed by atoms with van der Waals surface area (Å²) in [5, 5.41) is 3.25. The minimum absolute atomic E-state index is 0.0279. The fraction of sp³-hybridized carbons (Fsp3) is 0.136. The van der Waals surface area contributed by atoms with E-state index in [0.717, 1.165) is 0 Å². The molecule has 0 heterocycles. The first-order valence-corrected chi connectivity index (χ1v) is 11.1. The van der Waals surface area contributed by atoms with E-state index in [0.29, 0.717) is 27.7 Å². The fourth-order valence-electron chi connectivity index (χ4n) is 2.64. The van der Waals surface area contributed by atoms with E-state index in [1.54, 1.807) is 30.3 Å². The van der Waals surface area contributed by atoms with Crippen LogP contribution in [0.2, 0.25) is 5.02 Å². The number of carbonyl (C=O) groups is 1. The molecule has 0 saturated carbocycles. The Morgan fingerprint density at radius 3 is 2.23 bits per heavy atom. The highest BCUT2D eigenvalue weighted by molar-refractivity contribution is 7.92. The molecule has 0 aliphatic rings. The van der Waals surface area contributed by atoms with Gasteiger partial charge in [-0.25, -0.2) is 8.42 Å². The van der Waals surface area contributed by atoms with Crippen molar-refractivity contribution < 1.29 is 17.9 Å². The second-order valence-corrected chi connectivity index (χ2v) is 8.90. The lowest BCUT2D eigenvalue weighted by molar-refractivity contribution is 0.102. The largest absolute Gasteiger partial charge is 0.491 e. The van der Waals surface area contributed by atoms with Gasteiger partial charge in [-0.1, -0.05) is 17.7 Å². The van der Waals surface area contributed by atoms with Gasteiger partial charge in [0.25, 0.3) is 15.9 Å². The summed E-state index contributed by atoms with van der Waals surface area (Å²) in [6.45, 7) is 3.85. The standard InChI is InChI=1S/C22H21ClN2O4S/c1-15(2)29-20-5-3-4-19(14-20)24-22(26)16-6-10-18(11-7-16)25-30(27,28)21-12-8-17(23)9-13-21/h3-15,25H,1-2H3,(H,24,26). The summed E-state index contributed by atoms with van der Waals surface area (Å²) in [4.78, 5) is 12.6. The van der Waals surface area contributed by atoms with Crippen LogP contribution in [0.5, 0.6) is 5.75 Å². The number of sulfonamides is 1. The Labute approximate surface area is 180 Å². The first-order valence-electron chi connectivity index (χ1n) is 9.19. The molecule has 0 saturated heterocycles. The topological polar surface area (TPSA) is 84.5 Å². The molecule has 6 nitrogen and oxygen atoms in total. The number of rotatable bonds is 7. The third-order valence-corrected chi connectivity index (χ3v) is 5.64. The minimum atomic E-state index is -3.75. The number of ether oxygens (including phenoxy) is 1. The van der Waals surface area contributed by atoms with Crippen molar-refractivity contribution in [2.45, 2.75) is 24.8 Å². The van der Waals surface area contributed by atoms with Crippen LogP contribution in [0.3, 0.4) is 0 Å². The van der Waals surface area contributed by atoms with Crippen molar-refractivity contribution >= 4 is 38.9 Å². The third kappa shape index (κ3) is 5.75. The van der Waals surface area contributed by atoms with Crippen molar-refractivity contribution in [3.63, 3.8) is 0 Å². The van der Waals surface area contributed by atoms with Crippen molar-refractivity contribution in [3.05, 3.63) is 83.4 Å². The van der Waals surface area contributed by atoms with Crippen LogP contribution in [-0.4, -0.2) is 20.4 Å². The van der Waals surface area contributed by atoms with Crippen LogP contribution < -0.4 is 14.8 Å². The zero-order valence-corrected chi connectivity index (χ0v) is 18.0. The molecule has 0 aliphatic heterocycles. The average molecular weight is 445 g/mol. The Kier molecular flexibility index (Phi) is 6.64. The Morgan fingerprint density at radius 2 is 1.60 bits per heavy atom. The molecule has 3 aromatic carbocycles. The third-order valence-electron chi connectivity index (χ3n) is 3.99. The predicted molar refractivity (Wildman–Crippen MR) is 119 cm³/mol. The molecule has 0 aliphatic carbocycles. The van der Waals surface area contributed by atoms with Gasteiger partial charge in [-0.05, 0) is 74.5 Å². The zero-order valence-electron chi connectivity index (χ0n) is 16.4. The molecular formula is C22H21ClN2O4S. The Hall–Kier alpha value is -3.03. The number of carbonyl (C=O) groups excluding carboxylic acids is 1. The molecule has 0 aromatic heterocycles. The second-order valence-electron chi connectivity index (χ2n) is 6.79. The van der Waals surface area contributed by atoms with Crippen LogP contribution in [0, 0.1) is 0 Å². The van der Waals surface area contributed by atoms with Crippen molar-refractivity contribution in [2.75, 3.05) is 10.0 Å². The highest BCUT2D eigenvalue weighted by atomic mass is 35.5. The van der Waals surface area contributed by atoms with Crippen LogP contribution in [0.15, 0.2) is 77.7 Å². The lowest BCUT2D eigenvalue weighted by Crippen LogP contribution is -2.14. The molecule has 1 amide bonds. The molecule has 0 atom stereocenters. The van der Waals surface area contributed by atoms with E-state index in [1.807, 2.05) is 19.9 Å². The number of hydrogen-bond acceptors (Lipinski definition) is 4. The molecule has 30 heavy (non-hydrogen) atoms. The van der Waals surface area contributed by atoms with Gasteiger partial charge in [0.2, 0.25) is 0 Å². The van der Waals surface area contributed by atoms with Crippen molar-refractivity contribution in [1.82, 2.24) is 0 Å². The summed E-state index contributed by atoms with van der Waals surface area (Å²) < 4.78 is 33.0. The SMILES string of the molecule is CC(C)Oc1cccc(NC(=O)c2ccc(NS(=O)(=O)c3ccc(Cl)cc3)cc2)c1. The van der Waals surface area contributed by atoms with E-state index in [1.165, 1.54) is 36.4 Å². The summed E-state index contributed by atoms with van der Waals surface area (Å²) >= 11 is 5.80. The van der Waals surface area contributed by atoms with Crippen molar-refractivity contribution in [3.8, 4) is 5.75 Å². The molecule has 0 unspecified atom stereocenters. The molecule has 3 rings (SSSR count). The van der Waals surface area contributed by atoms with E-state index in [9.17, 15) is 13.2 Å². The summed E-state index contributed by atoms with van der Waals surface area (Å²) in [5.74, 6) is 0.346. The monoisotopic (exact) mass is 444 g/mol. The molecule has 2 N–H and O–H groups in total. The van der Waals surface area contributed by atoms with Crippen molar-refractivity contribution in [1.29, 1.82) is 0 Å². The normalized spacial score (nSPS) is 11.2. The van der Waals surface area contributed by atoms with Gasteiger partial charge in [0.05, 0.1) is 11.0 Å². The highest BCUT2D eigenvalue weighted by Crippen LogP contribution is 2.21. The van der Waals surface area contributed by atoms with Crippen molar-refractivity contribution in [2.24, 2.45) is 0 Å². The van der Waals surface area contributed by atoms with Gasteiger partial charge in [-0.3, -0.25) is 9.52 Å². The number of nitrogens with one attached hydrogen (secondary N) is 2. The Balaban J connectivity index is 1.68. The maximum Gasteiger partial charge on any atom is 0.261 e. The maximum absolute atomic E-state index is 12.5. The van der Waals surface area contributed by atoms with E-state index in [-0.39, 0.29) is 16.9 Å². The first kappa shape index (κ1) is 21.7. The Morgan fingerprint density at radius 1 is 0.933 bits per heavy atom. The number of amides is 1. The molecular weight excluding hydrogens is 424 g/mol. The number of anilines is 2. The van der Waals surface area contributed by atoms with E-state index in [4.69, 9.17) is 16.3 Å². The van der Waals surface area contributed by atoms with Gasteiger partial charge in [0.1, 0.15) is 5.75 Å². The van der Waals surface area contributed by atoms with Gasteiger partial charge in [-0.15, -0.1) is 0 Å². The summed E-state index contributed by atoms with van der Waals surface area (Å²) in [5.41, 5.74) is 1.33. The predicted octanol–water partition coefficient (Wildman–Crippen LogP) is 5.18. The molecule has 0 spiro atoms.